The third-order valence-electron chi connectivity index (χ3n) is 1.43. The molecular weight excluding hydrogens is 373 g/mol. The molecule has 0 aliphatic carbocycles. The van der Waals surface area contributed by atoms with Gasteiger partial charge < -0.3 is 5.73 Å². The number of carbonyl (C=O) groups excluding carboxylic acids is 1. The van der Waals surface area contributed by atoms with Crippen LogP contribution >= 0.6 is 38.5 Å². The minimum Gasteiger partial charge on any atom is -0.364 e. The number of hydrogen-bond acceptors (Lipinski definition) is 2. The quantitative estimate of drug-likeness (QED) is 0.636. The van der Waals surface area contributed by atoms with Gasteiger partial charge in [0.25, 0.3) is 12.3 Å². The van der Waals surface area contributed by atoms with Crippen molar-refractivity contribution in [2.45, 2.75) is 6.43 Å². The highest BCUT2D eigenvalue weighted by molar-refractivity contribution is 14.1. The fraction of sp³-hybridized carbons (Fsp3) is 0.143. The molecule has 0 aromatic carbocycles. The Morgan fingerprint density at radius 1 is 1.64 bits per heavy atom. The molecule has 1 aromatic rings. The van der Waals surface area contributed by atoms with Gasteiger partial charge in [-0.2, -0.15) is 0 Å². The first-order valence-electron chi connectivity index (χ1n) is 3.37. The van der Waals surface area contributed by atoms with Crippen LogP contribution < -0.4 is 5.73 Å². The largest absolute Gasteiger partial charge is 0.364 e. The number of pyridine rings is 1. The van der Waals surface area contributed by atoms with E-state index in [1.807, 2.05) is 22.6 Å². The highest BCUT2D eigenvalue weighted by atomic mass is 127. The van der Waals surface area contributed by atoms with Crippen LogP contribution in [0, 0.1) is 3.70 Å². The minimum atomic E-state index is -2.77. The van der Waals surface area contributed by atoms with Crippen LogP contribution in [0.3, 0.4) is 0 Å². The molecule has 0 radical (unpaired) electrons. The summed E-state index contributed by atoms with van der Waals surface area (Å²) in [7, 11) is 0. The smallest absolute Gasteiger partial charge is 0.267 e. The number of amides is 1. The lowest BCUT2D eigenvalue weighted by molar-refractivity contribution is 0.0979. The van der Waals surface area contributed by atoms with Crippen molar-refractivity contribution in [3.63, 3.8) is 0 Å². The van der Waals surface area contributed by atoms with Crippen LogP contribution in [0.15, 0.2) is 10.5 Å². The monoisotopic (exact) mass is 376 g/mol. The molecule has 0 saturated heterocycles. The van der Waals surface area contributed by atoms with Gasteiger partial charge in [0, 0.05) is 4.47 Å². The van der Waals surface area contributed by atoms with Gasteiger partial charge in [-0.15, -0.1) is 0 Å². The Kier molecular flexibility index (Phi) is 3.76. The Balaban J connectivity index is 3.39. The van der Waals surface area contributed by atoms with Crippen LogP contribution in [0.2, 0.25) is 0 Å². The molecule has 0 spiro atoms. The number of hydrogen-bond donors (Lipinski definition) is 1. The van der Waals surface area contributed by atoms with Crippen molar-refractivity contribution >= 4 is 44.4 Å². The first kappa shape index (κ1) is 11.8. The number of halogens is 4. The fourth-order valence-electron chi connectivity index (χ4n) is 0.844. The van der Waals surface area contributed by atoms with Gasteiger partial charge in [-0.05, 0) is 44.6 Å². The standard InChI is InChI=1S/C7H4BrF2IN2O/c8-3-1-2(5(9)10)4(7(12)14)13-6(3)11/h1,5H,(H2,12,14). The highest BCUT2D eigenvalue weighted by Gasteiger charge is 2.20. The number of aromatic nitrogens is 1. The van der Waals surface area contributed by atoms with Gasteiger partial charge in [-0.1, -0.05) is 0 Å². The Morgan fingerprint density at radius 2 is 2.21 bits per heavy atom. The van der Waals surface area contributed by atoms with Gasteiger partial charge in [0.2, 0.25) is 0 Å². The normalized spacial score (nSPS) is 10.6. The average Bonchev–Trinajstić information content (AvgIpc) is 2.08. The second-order valence-electron chi connectivity index (χ2n) is 2.36. The number of nitrogens with two attached hydrogens (primary N) is 1. The zero-order chi connectivity index (χ0) is 10.9. The number of carbonyl (C=O) groups is 1. The van der Waals surface area contributed by atoms with Gasteiger partial charge in [0.1, 0.15) is 9.39 Å². The Morgan fingerprint density at radius 3 is 2.64 bits per heavy atom. The fourth-order valence-corrected chi connectivity index (χ4v) is 1.58. The lowest BCUT2D eigenvalue weighted by Gasteiger charge is -2.06. The summed E-state index contributed by atoms with van der Waals surface area (Å²) in [5.74, 6) is -0.953. The summed E-state index contributed by atoms with van der Waals surface area (Å²) in [5.41, 5.74) is 4.08. The van der Waals surface area contributed by atoms with E-state index in [0.29, 0.717) is 8.17 Å². The summed E-state index contributed by atoms with van der Waals surface area (Å²) >= 11 is 4.85. The Hall–Kier alpha value is -0.310. The Bertz CT molecular complexity index is 386. The maximum atomic E-state index is 12.4. The Labute approximate surface area is 100 Å². The highest BCUT2D eigenvalue weighted by Crippen LogP contribution is 2.27. The van der Waals surface area contributed by atoms with E-state index >= 15 is 0 Å². The zero-order valence-corrected chi connectivity index (χ0v) is 10.3. The van der Waals surface area contributed by atoms with E-state index in [9.17, 15) is 13.6 Å². The molecule has 1 heterocycles. The van der Waals surface area contributed by atoms with Gasteiger partial charge in [0.15, 0.2) is 0 Å². The van der Waals surface area contributed by atoms with E-state index in [1.54, 1.807) is 0 Å². The van der Waals surface area contributed by atoms with Crippen molar-refractivity contribution in [3.8, 4) is 0 Å². The van der Waals surface area contributed by atoms with Gasteiger partial charge in [0.05, 0.1) is 5.56 Å². The first-order valence-corrected chi connectivity index (χ1v) is 5.24. The number of alkyl halides is 2. The molecule has 0 unspecified atom stereocenters. The summed E-state index contributed by atoms with van der Waals surface area (Å²) in [4.78, 5) is 14.5. The third-order valence-corrected chi connectivity index (χ3v) is 3.60. The van der Waals surface area contributed by atoms with Crippen LogP contribution in [0.5, 0.6) is 0 Å². The SMILES string of the molecule is NC(=O)c1nc(I)c(Br)cc1C(F)F. The molecule has 2 N–H and O–H groups in total. The van der Waals surface area contributed by atoms with E-state index in [1.165, 1.54) is 0 Å². The van der Waals surface area contributed by atoms with Crippen LogP contribution in [-0.2, 0) is 0 Å². The van der Waals surface area contributed by atoms with E-state index in [4.69, 9.17) is 5.73 Å². The predicted octanol–water partition coefficient (Wildman–Crippen LogP) is 2.49. The van der Waals surface area contributed by atoms with Crippen LogP contribution in [0.25, 0.3) is 0 Å². The molecule has 7 heteroatoms. The van der Waals surface area contributed by atoms with E-state index < -0.39 is 17.9 Å². The third kappa shape index (κ3) is 2.38. The topological polar surface area (TPSA) is 56.0 Å². The molecule has 1 rings (SSSR count). The molecule has 14 heavy (non-hydrogen) atoms. The number of primary amides is 1. The lowest BCUT2D eigenvalue weighted by atomic mass is 10.2. The van der Waals surface area contributed by atoms with Crippen LogP contribution in [0.1, 0.15) is 22.5 Å². The molecule has 1 amide bonds. The van der Waals surface area contributed by atoms with Crippen LogP contribution in [0.4, 0.5) is 8.78 Å². The van der Waals surface area contributed by atoms with E-state index in [0.717, 1.165) is 6.07 Å². The molecule has 0 aliphatic heterocycles. The van der Waals surface area contributed by atoms with Gasteiger partial charge in [-0.25, -0.2) is 13.8 Å². The second kappa shape index (κ2) is 4.47. The first-order chi connectivity index (χ1) is 6.43. The number of nitrogens with zero attached hydrogens (tertiary/aromatic N) is 1. The lowest BCUT2D eigenvalue weighted by Crippen LogP contribution is -2.17. The van der Waals surface area contributed by atoms with Crippen molar-refractivity contribution in [2.24, 2.45) is 5.73 Å². The summed E-state index contributed by atoms with van der Waals surface area (Å²) in [6.45, 7) is 0. The van der Waals surface area contributed by atoms with E-state index in [-0.39, 0.29) is 5.69 Å². The summed E-state index contributed by atoms with van der Waals surface area (Å²) in [5, 5.41) is 0. The maximum Gasteiger partial charge on any atom is 0.267 e. The van der Waals surface area contributed by atoms with Crippen LogP contribution in [-0.4, -0.2) is 10.9 Å². The number of rotatable bonds is 2. The molecule has 76 valence electrons. The van der Waals surface area contributed by atoms with Crippen molar-refractivity contribution in [1.29, 1.82) is 0 Å². The molecule has 0 fully saturated rings. The predicted molar refractivity (Wildman–Crippen MR) is 58.1 cm³/mol. The molecule has 3 nitrogen and oxygen atoms in total. The van der Waals surface area contributed by atoms with Gasteiger partial charge >= 0.3 is 0 Å². The average molecular weight is 377 g/mol. The molecule has 0 atom stereocenters. The molecule has 0 saturated carbocycles. The van der Waals surface area contributed by atoms with E-state index in [2.05, 4.69) is 20.9 Å². The summed E-state index contributed by atoms with van der Waals surface area (Å²) in [6.07, 6.45) is -2.77. The molecule has 1 aromatic heterocycles. The van der Waals surface area contributed by atoms with Crippen molar-refractivity contribution in [3.05, 3.63) is 25.5 Å². The summed E-state index contributed by atoms with van der Waals surface area (Å²) in [6, 6.07) is 1.15. The molecular formula is C7H4BrF2IN2O. The zero-order valence-electron chi connectivity index (χ0n) is 6.60. The molecule has 0 aliphatic rings. The second-order valence-corrected chi connectivity index (χ2v) is 4.24. The maximum absolute atomic E-state index is 12.4. The minimum absolute atomic E-state index is 0.382. The van der Waals surface area contributed by atoms with Gasteiger partial charge in [-0.3, -0.25) is 4.79 Å². The van der Waals surface area contributed by atoms with Crippen molar-refractivity contribution in [1.82, 2.24) is 4.98 Å². The van der Waals surface area contributed by atoms with Crippen molar-refractivity contribution in [2.75, 3.05) is 0 Å². The molecule has 0 bridgehead atoms. The van der Waals surface area contributed by atoms with Crippen molar-refractivity contribution < 1.29 is 13.6 Å². The summed E-state index contributed by atoms with van der Waals surface area (Å²) < 4.78 is 25.7.